The molecular weight excluding hydrogens is 305 g/mol. The molecule has 0 spiro atoms. The van der Waals surface area contributed by atoms with Crippen LogP contribution in [-0.4, -0.2) is 35.3 Å². The first kappa shape index (κ1) is 9.77. The second-order valence-corrected chi connectivity index (χ2v) is 5.31. The highest BCUT2D eigenvalue weighted by Gasteiger charge is 2.34. The Hall–Kier alpha value is -0.430. The van der Waals surface area contributed by atoms with Crippen LogP contribution in [0.25, 0.3) is 0 Å². The second-order valence-electron chi connectivity index (χ2n) is 4.06. The minimum Gasteiger partial charge on any atom is -0.371 e. The number of ether oxygens (including phenoxy) is 1. The molecule has 0 aliphatic carbocycles. The molecule has 2 bridgehead atoms. The minimum absolute atomic E-state index is 0.395. The monoisotopic (exact) mass is 317 g/mol. The predicted octanol–water partition coefficient (Wildman–Crippen LogP) is 1.45. The zero-order valence-electron chi connectivity index (χ0n) is 8.27. The lowest BCUT2D eigenvalue weighted by Gasteiger charge is -2.31. The molecule has 2 unspecified atom stereocenters. The van der Waals surface area contributed by atoms with Crippen LogP contribution in [0.15, 0.2) is 12.4 Å². The zero-order valence-corrected chi connectivity index (χ0v) is 10.4. The maximum atomic E-state index is 5.77. The van der Waals surface area contributed by atoms with E-state index in [1.807, 2.05) is 12.4 Å². The first-order valence-corrected chi connectivity index (χ1v) is 6.27. The predicted molar refractivity (Wildman–Crippen MR) is 64.9 cm³/mol. The molecule has 2 fully saturated rings. The lowest BCUT2D eigenvalue weighted by atomic mass is 10.2. The molecule has 0 amide bonds. The van der Waals surface area contributed by atoms with E-state index in [1.54, 1.807) is 0 Å². The van der Waals surface area contributed by atoms with Crippen LogP contribution in [0.4, 0.5) is 5.95 Å². The van der Waals surface area contributed by atoms with Gasteiger partial charge in [-0.2, -0.15) is 0 Å². The van der Waals surface area contributed by atoms with Crippen molar-refractivity contribution in [3.05, 3.63) is 16.0 Å². The van der Waals surface area contributed by atoms with Gasteiger partial charge in [0.1, 0.15) is 0 Å². The van der Waals surface area contributed by atoms with E-state index < -0.39 is 0 Å². The third-order valence-corrected chi connectivity index (χ3v) is 3.49. The molecule has 15 heavy (non-hydrogen) atoms. The minimum atomic E-state index is 0.395. The van der Waals surface area contributed by atoms with Gasteiger partial charge in [0, 0.05) is 29.1 Å². The Balaban J connectivity index is 1.80. The summed E-state index contributed by atoms with van der Waals surface area (Å²) < 4.78 is 6.85. The van der Waals surface area contributed by atoms with Crippen LogP contribution in [0.1, 0.15) is 12.8 Å². The quantitative estimate of drug-likeness (QED) is 0.735. The van der Waals surface area contributed by atoms with Gasteiger partial charge in [-0.3, -0.25) is 0 Å². The maximum Gasteiger partial charge on any atom is 0.225 e. The lowest BCUT2D eigenvalue weighted by molar-refractivity contribution is 0.0299. The fourth-order valence-electron chi connectivity index (χ4n) is 2.25. The molecule has 0 radical (unpaired) electrons. The molecule has 2 atom stereocenters. The highest BCUT2D eigenvalue weighted by molar-refractivity contribution is 14.1. The molecule has 2 aliphatic rings. The largest absolute Gasteiger partial charge is 0.371 e. The second kappa shape index (κ2) is 3.86. The summed E-state index contributed by atoms with van der Waals surface area (Å²) in [6.45, 7) is 1.88. The van der Waals surface area contributed by atoms with Crippen molar-refractivity contribution in [3.63, 3.8) is 0 Å². The van der Waals surface area contributed by atoms with Crippen molar-refractivity contribution in [2.45, 2.75) is 25.0 Å². The van der Waals surface area contributed by atoms with Gasteiger partial charge in [0.15, 0.2) is 0 Å². The molecule has 3 rings (SSSR count). The van der Waals surface area contributed by atoms with Gasteiger partial charge >= 0.3 is 0 Å². The summed E-state index contributed by atoms with van der Waals surface area (Å²) in [4.78, 5) is 10.9. The molecule has 2 aliphatic heterocycles. The molecule has 1 aromatic heterocycles. The van der Waals surface area contributed by atoms with E-state index in [9.17, 15) is 0 Å². The fourth-order valence-corrected chi connectivity index (χ4v) is 2.53. The van der Waals surface area contributed by atoms with Crippen molar-refractivity contribution >= 4 is 28.5 Å². The number of aromatic nitrogens is 2. The first-order valence-electron chi connectivity index (χ1n) is 5.19. The zero-order chi connectivity index (χ0) is 10.3. The van der Waals surface area contributed by atoms with E-state index in [2.05, 4.69) is 37.5 Å². The maximum absolute atomic E-state index is 5.77. The number of nitrogens with zero attached hydrogens (tertiary/aromatic N) is 3. The number of halogens is 1. The van der Waals surface area contributed by atoms with Gasteiger partial charge in [-0.25, -0.2) is 9.97 Å². The lowest BCUT2D eigenvalue weighted by Crippen LogP contribution is -2.43. The van der Waals surface area contributed by atoms with Gasteiger partial charge in [0.2, 0.25) is 5.95 Å². The van der Waals surface area contributed by atoms with Gasteiger partial charge in [0.25, 0.3) is 0 Å². The summed E-state index contributed by atoms with van der Waals surface area (Å²) in [5.74, 6) is 0.843. The molecule has 5 heteroatoms. The van der Waals surface area contributed by atoms with Gasteiger partial charge in [-0.1, -0.05) is 0 Å². The molecular formula is C10H12IN3O. The highest BCUT2D eigenvalue weighted by Crippen LogP contribution is 2.27. The van der Waals surface area contributed by atoms with E-state index in [0.29, 0.717) is 12.2 Å². The van der Waals surface area contributed by atoms with Crippen LogP contribution in [0.3, 0.4) is 0 Å². The van der Waals surface area contributed by atoms with Crippen molar-refractivity contribution in [2.24, 2.45) is 0 Å². The summed E-state index contributed by atoms with van der Waals surface area (Å²) in [6, 6.07) is 0. The summed E-state index contributed by atoms with van der Waals surface area (Å²) in [5.41, 5.74) is 0. The van der Waals surface area contributed by atoms with Gasteiger partial charge in [0.05, 0.1) is 12.2 Å². The van der Waals surface area contributed by atoms with E-state index in [-0.39, 0.29) is 0 Å². The number of fused-ring (bicyclic) bond motifs is 2. The van der Waals surface area contributed by atoms with Gasteiger partial charge in [-0.15, -0.1) is 0 Å². The SMILES string of the molecule is Ic1cnc(N2CC3CCC(C2)O3)nc1. The van der Waals surface area contributed by atoms with Crippen LogP contribution >= 0.6 is 22.6 Å². The molecule has 80 valence electrons. The Morgan fingerprint density at radius 2 is 1.80 bits per heavy atom. The Morgan fingerprint density at radius 1 is 1.20 bits per heavy atom. The number of anilines is 1. The summed E-state index contributed by atoms with van der Waals surface area (Å²) in [6.07, 6.45) is 6.88. The van der Waals surface area contributed by atoms with Gasteiger partial charge < -0.3 is 9.64 Å². The summed E-state index contributed by atoms with van der Waals surface area (Å²) in [7, 11) is 0. The molecule has 1 aromatic rings. The third-order valence-electron chi connectivity index (χ3n) is 2.93. The van der Waals surface area contributed by atoms with E-state index >= 15 is 0 Å². The van der Waals surface area contributed by atoms with E-state index in [4.69, 9.17) is 4.74 Å². The van der Waals surface area contributed by atoms with Crippen molar-refractivity contribution in [3.8, 4) is 0 Å². The van der Waals surface area contributed by atoms with Crippen LogP contribution in [0.2, 0.25) is 0 Å². The number of hydrogen-bond donors (Lipinski definition) is 0. The van der Waals surface area contributed by atoms with Crippen molar-refractivity contribution < 1.29 is 4.74 Å². The standard InChI is InChI=1S/C10H12IN3O/c11-7-3-12-10(13-4-7)14-5-8-1-2-9(6-14)15-8/h3-4,8-9H,1-2,5-6H2. The summed E-state index contributed by atoms with van der Waals surface area (Å²) >= 11 is 2.22. The Morgan fingerprint density at radius 3 is 2.40 bits per heavy atom. The Labute approximate surface area is 102 Å². The summed E-state index contributed by atoms with van der Waals surface area (Å²) in [5, 5.41) is 0. The fraction of sp³-hybridized carbons (Fsp3) is 0.600. The first-order chi connectivity index (χ1) is 7.31. The van der Waals surface area contributed by atoms with Crippen LogP contribution in [0, 0.1) is 3.57 Å². The highest BCUT2D eigenvalue weighted by atomic mass is 127. The van der Waals surface area contributed by atoms with E-state index in [0.717, 1.165) is 22.6 Å². The number of rotatable bonds is 1. The van der Waals surface area contributed by atoms with Crippen LogP contribution in [0.5, 0.6) is 0 Å². The molecule has 0 aromatic carbocycles. The van der Waals surface area contributed by atoms with Gasteiger partial charge in [-0.05, 0) is 35.4 Å². The molecule has 4 nitrogen and oxygen atoms in total. The normalized spacial score (nSPS) is 29.5. The number of morpholine rings is 1. The van der Waals surface area contributed by atoms with Crippen molar-refractivity contribution in [1.29, 1.82) is 0 Å². The van der Waals surface area contributed by atoms with Crippen molar-refractivity contribution in [2.75, 3.05) is 18.0 Å². The van der Waals surface area contributed by atoms with Crippen LogP contribution in [-0.2, 0) is 4.74 Å². The smallest absolute Gasteiger partial charge is 0.225 e. The van der Waals surface area contributed by atoms with Crippen molar-refractivity contribution in [1.82, 2.24) is 9.97 Å². The topological polar surface area (TPSA) is 38.2 Å². The molecule has 0 saturated carbocycles. The van der Waals surface area contributed by atoms with Crippen LogP contribution < -0.4 is 4.90 Å². The van der Waals surface area contributed by atoms with E-state index in [1.165, 1.54) is 12.8 Å². The molecule has 2 saturated heterocycles. The Kier molecular flexibility index (Phi) is 2.51. The number of hydrogen-bond acceptors (Lipinski definition) is 4. The Bertz CT molecular complexity index is 344. The molecule has 0 N–H and O–H groups in total. The molecule has 3 heterocycles. The third kappa shape index (κ3) is 1.94. The average molecular weight is 317 g/mol. The average Bonchev–Trinajstić information content (AvgIpc) is 2.59.